The Hall–Kier alpha value is -3.74. The summed E-state index contributed by atoms with van der Waals surface area (Å²) in [6.07, 6.45) is 9.53. The standard InChI is InChI=1S/C33H37N5O5S2/c39-31-22-37(45(42,43)26-13-14-30(34-19-26)36-17-16-35-15-7-12-25(35)20-36)21-28(23-8-3-1-4-9-23)38(31)27-18-29(44-32(27)33(40)41)24-10-5-2-6-11-24/h2,5-6,10-14,18-19,23,28H,1,3-4,7-9,15-17,20-22H2,(H,40,41). The molecule has 3 aromatic rings. The Kier molecular flexibility index (Phi) is 8.13. The third-order valence-corrected chi connectivity index (χ3v) is 12.5. The van der Waals surface area contributed by atoms with Gasteiger partial charge in [-0.05, 0) is 48.9 Å². The van der Waals surface area contributed by atoms with Crippen molar-refractivity contribution in [2.75, 3.05) is 49.1 Å². The molecule has 1 aliphatic carbocycles. The zero-order valence-electron chi connectivity index (χ0n) is 25.0. The maximum atomic E-state index is 14.0. The second-order valence-corrected chi connectivity index (χ2v) is 15.3. The van der Waals surface area contributed by atoms with Crippen molar-refractivity contribution in [1.82, 2.24) is 14.2 Å². The Morgan fingerprint density at radius 1 is 0.956 bits per heavy atom. The lowest BCUT2D eigenvalue weighted by molar-refractivity contribution is -0.121. The van der Waals surface area contributed by atoms with Gasteiger partial charge in [0, 0.05) is 43.0 Å². The second-order valence-electron chi connectivity index (χ2n) is 12.3. The van der Waals surface area contributed by atoms with E-state index >= 15 is 0 Å². The summed E-state index contributed by atoms with van der Waals surface area (Å²) in [6, 6.07) is 14.2. The average molecular weight is 648 g/mol. The van der Waals surface area contributed by atoms with Crippen molar-refractivity contribution in [3.63, 3.8) is 0 Å². The van der Waals surface area contributed by atoms with Gasteiger partial charge in [-0.15, -0.1) is 11.3 Å². The van der Waals surface area contributed by atoms with Crippen molar-refractivity contribution in [2.45, 2.75) is 49.5 Å². The van der Waals surface area contributed by atoms with Crippen LogP contribution in [0.1, 0.15) is 48.2 Å². The first-order valence-corrected chi connectivity index (χ1v) is 17.9. The minimum atomic E-state index is -4.03. The lowest BCUT2D eigenvalue weighted by Crippen LogP contribution is -2.60. The van der Waals surface area contributed by atoms with Crippen LogP contribution in [0.4, 0.5) is 11.5 Å². The molecule has 5 heterocycles. The van der Waals surface area contributed by atoms with Gasteiger partial charge in [-0.25, -0.2) is 18.2 Å². The number of carboxylic acid groups (broad SMARTS) is 1. The number of anilines is 2. The molecule has 1 N–H and O–H groups in total. The fraction of sp³-hybridized carbons (Fsp3) is 0.424. The predicted molar refractivity (Wildman–Crippen MR) is 174 cm³/mol. The molecule has 1 unspecified atom stereocenters. The SMILES string of the molecule is O=C(O)c1sc(-c2ccccc2)cc1N1C(=O)CN(S(=O)(=O)c2ccc(N3CCN4CCC=C4C3)nc2)CC1C1CCCCC1. The minimum absolute atomic E-state index is 0.0572. The molecule has 0 bridgehead atoms. The molecule has 1 saturated carbocycles. The number of carbonyl (C=O) groups excluding carboxylic acids is 1. The maximum absolute atomic E-state index is 14.0. The van der Waals surface area contributed by atoms with E-state index in [1.807, 2.05) is 30.3 Å². The average Bonchev–Trinajstić information content (AvgIpc) is 3.73. The number of sulfonamides is 1. The predicted octanol–water partition coefficient (Wildman–Crippen LogP) is 4.90. The van der Waals surface area contributed by atoms with Crippen molar-refractivity contribution in [2.24, 2.45) is 5.92 Å². The molecule has 1 amide bonds. The highest BCUT2D eigenvalue weighted by atomic mass is 32.2. The van der Waals surface area contributed by atoms with Gasteiger partial charge in [-0.3, -0.25) is 4.79 Å². The Labute approximate surface area is 267 Å². The number of amides is 1. The molecule has 10 nitrogen and oxygen atoms in total. The highest BCUT2D eigenvalue weighted by Gasteiger charge is 2.44. The number of fused-ring (bicyclic) bond motifs is 1. The highest BCUT2D eigenvalue weighted by molar-refractivity contribution is 7.89. The number of aromatic carboxylic acids is 1. The van der Waals surface area contributed by atoms with Crippen molar-refractivity contribution in [3.8, 4) is 10.4 Å². The van der Waals surface area contributed by atoms with Gasteiger partial charge in [0.15, 0.2) is 0 Å². The van der Waals surface area contributed by atoms with Gasteiger partial charge in [0.2, 0.25) is 15.9 Å². The van der Waals surface area contributed by atoms with E-state index in [0.717, 1.165) is 92.3 Å². The Bertz CT molecular complexity index is 1720. The first-order valence-electron chi connectivity index (χ1n) is 15.7. The van der Waals surface area contributed by atoms with E-state index in [1.165, 1.54) is 16.2 Å². The number of pyridine rings is 1. The van der Waals surface area contributed by atoms with Crippen molar-refractivity contribution in [1.29, 1.82) is 0 Å². The minimum Gasteiger partial charge on any atom is -0.477 e. The third kappa shape index (κ3) is 5.75. The molecular formula is C33H37N5O5S2. The molecule has 0 radical (unpaired) electrons. The number of piperazine rings is 2. The number of aromatic nitrogens is 1. The van der Waals surface area contributed by atoms with Crippen molar-refractivity contribution < 1.29 is 23.1 Å². The summed E-state index contributed by atoms with van der Waals surface area (Å²) in [7, 11) is -4.03. The molecular weight excluding hydrogens is 611 g/mol. The number of hydrogen-bond donors (Lipinski definition) is 1. The summed E-state index contributed by atoms with van der Waals surface area (Å²) in [6.45, 7) is 3.29. The lowest BCUT2D eigenvalue weighted by atomic mass is 9.82. The molecule has 45 heavy (non-hydrogen) atoms. The van der Waals surface area contributed by atoms with Gasteiger partial charge in [-0.1, -0.05) is 55.7 Å². The lowest BCUT2D eigenvalue weighted by Gasteiger charge is -2.44. The molecule has 1 atom stereocenters. The van der Waals surface area contributed by atoms with Crippen molar-refractivity contribution in [3.05, 3.63) is 71.4 Å². The largest absolute Gasteiger partial charge is 0.477 e. The first-order chi connectivity index (χ1) is 21.8. The van der Waals surface area contributed by atoms with E-state index in [4.69, 9.17) is 0 Å². The molecule has 7 rings (SSSR count). The van der Waals surface area contributed by atoms with E-state index < -0.39 is 27.9 Å². The molecule has 1 aromatic carbocycles. The summed E-state index contributed by atoms with van der Waals surface area (Å²) in [5, 5.41) is 10.2. The maximum Gasteiger partial charge on any atom is 0.348 e. The normalized spacial score (nSPS) is 21.6. The van der Waals surface area contributed by atoms with Crippen LogP contribution in [0.25, 0.3) is 10.4 Å². The van der Waals surface area contributed by atoms with E-state index in [0.29, 0.717) is 5.69 Å². The molecule has 3 fully saturated rings. The van der Waals surface area contributed by atoms with Crippen molar-refractivity contribution >= 4 is 44.7 Å². The third-order valence-electron chi connectivity index (χ3n) is 9.58. The number of benzene rings is 1. The smallest absolute Gasteiger partial charge is 0.348 e. The van der Waals surface area contributed by atoms with E-state index in [2.05, 4.69) is 20.9 Å². The van der Waals surface area contributed by atoms with Gasteiger partial charge < -0.3 is 19.8 Å². The topological polar surface area (TPSA) is 114 Å². The van der Waals surface area contributed by atoms with Crippen LogP contribution < -0.4 is 9.80 Å². The molecule has 2 aromatic heterocycles. The summed E-state index contributed by atoms with van der Waals surface area (Å²) in [5.74, 6) is -0.714. The van der Waals surface area contributed by atoms with Gasteiger partial charge >= 0.3 is 5.97 Å². The second kappa shape index (κ2) is 12.2. The van der Waals surface area contributed by atoms with Crippen LogP contribution >= 0.6 is 11.3 Å². The number of hydrogen-bond acceptors (Lipinski definition) is 8. The molecule has 0 spiro atoms. The highest BCUT2D eigenvalue weighted by Crippen LogP contribution is 2.42. The fourth-order valence-electron chi connectivity index (χ4n) is 7.25. The number of nitrogens with zero attached hydrogens (tertiary/aromatic N) is 5. The molecule has 4 aliphatic rings. The van der Waals surface area contributed by atoms with Gasteiger partial charge in [0.05, 0.1) is 24.8 Å². The number of thiophene rings is 1. The number of carboxylic acids is 1. The zero-order valence-corrected chi connectivity index (χ0v) is 26.7. The number of rotatable bonds is 7. The van der Waals surface area contributed by atoms with E-state index in [9.17, 15) is 23.1 Å². The summed E-state index contributed by atoms with van der Waals surface area (Å²) in [4.78, 5) is 38.1. The van der Waals surface area contributed by atoms with Crippen LogP contribution in [0.3, 0.4) is 0 Å². The van der Waals surface area contributed by atoms with E-state index in [1.54, 1.807) is 23.1 Å². The molecule has 236 valence electrons. The summed E-state index contributed by atoms with van der Waals surface area (Å²) >= 11 is 1.14. The Morgan fingerprint density at radius 3 is 2.47 bits per heavy atom. The Balaban J connectivity index is 1.18. The summed E-state index contributed by atoms with van der Waals surface area (Å²) in [5.41, 5.74) is 2.52. The van der Waals surface area contributed by atoms with Crippen LogP contribution in [-0.2, 0) is 14.8 Å². The summed E-state index contributed by atoms with van der Waals surface area (Å²) < 4.78 is 29.3. The molecule has 12 heteroatoms. The van der Waals surface area contributed by atoms with Crippen LogP contribution in [0.5, 0.6) is 0 Å². The molecule has 3 aliphatic heterocycles. The fourth-order valence-corrected chi connectivity index (χ4v) is 9.60. The number of carbonyl (C=O) groups is 2. The molecule has 2 saturated heterocycles. The zero-order chi connectivity index (χ0) is 31.1. The first kappa shape index (κ1) is 29.9. The van der Waals surface area contributed by atoms with Crippen LogP contribution in [0, 0.1) is 5.92 Å². The van der Waals surface area contributed by atoms with Crippen LogP contribution in [0.2, 0.25) is 0 Å². The monoisotopic (exact) mass is 647 g/mol. The Morgan fingerprint density at radius 2 is 1.73 bits per heavy atom. The van der Waals surface area contributed by atoms with Gasteiger partial charge in [-0.2, -0.15) is 4.31 Å². The van der Waals surface area contributed by atoms with Crippen LogP contribution in [0.15, 0.2) is 71.4 Å². The quantitative estimate of drug-likeness (QED) is 0.385. The van der Waals surface area contributed by atoms with E-state index in [-0.39, 0.29) is 28.8 Å². The van der Waals surface area contributed by atoms with Crippen LogP contribution in [-0.4, -0.2) is 84.9 Å². The van der Waals surface area contributed by atoms with Gasteiger partial charge in [0.1, 0.15) is 15.6 Å². The van der Waals surface area contributed by atoms with Gasteiger partial charge in [0.25, 0.3) is 0 Å².